The molecule has 1 aliphatic rings. The first-order valence-electron chi connectivity index (χ1n) is 7.78. The molecule has 25 heavy (non-hydrogen) atoms. The van der Waals surface area contributed by atoms with E-state index < -0.39 is 28.0 Å². The van der Waals surface area contributed by atoms with Crippen LogP contribution in [-0.2, 0) is 24.3 Å². The van der Waals surface area contributed by atoms with Gasteiger partial charge in [0.25, 0.3) is 0 Å². The van der Waals surface area contributed by atoms with Crippen LogP contribution in [0.25, 0.3) is 0 Å². The minimum absolute atomic E-state index is 0.0290. The van der Waals surface area contributed by atoms with Crippen molar-refractivity contribution in [2.24, 2.45) is 0 Å². The molecule has 138 valence electrons. The van der Waals surface area contributed by atoms with Gasteiger partial charge in [0, 0.05) is 33.1 Å². The second-order valence-electron chi connectivity index (χ2n) is 5.71. The van der Waals surface area contributed by atoms with Gasteiger partial charge in [-0.05, 0) is 25.0 Å². The van der Waals surface area contributed by atoms with Crippen molar-refractivity contribution in [1.29, 1.82) is 0 Å². The van der Waals surface area contributed by atoms with Gasteiger partial charge in [0.15, 0.2) is 0 Å². The molecule has 0 aliphatic carbocycles. The molecule has 2 rings (SSSR count). The van der Waals surface area contributed by atoms with Gasteiger partial charge in [-0.15, -0.1) is 0 Å². The standard InChI is InChI=1S/C15H22N4O5S/c1-16-14(21)15(11-24-2)6-4-8-19(15)13(20)10-18-25(22,23)12-5-3-7-17-9-12/h3,5,7,9,18H,4,6,8,10-11H2,1-2H3,(H,16,21). The molecule has 1 fully saturated rings. The Balaban J connectivity index is 2.13. The van der Waals surface area contributed by atoms with Crippen molar-refractivity contribution in [3.63, 3.8) is 0 Å². The summed E-state index contributed by atoms with van der Waals surface area (Å²) in [5.41, 5.74) is -1.11. The number of likely N-dealkylation sites (tertiary alicyclic amines) is 1. The number of hydrogen-bond acceptors (Lipinski definition) is 6. The van der Waals surface area contributed by atoms with Crippen molar-refractivity contribution < 1.29 is 22.7 Å². The molecule has 1 aromatic rings. The van der Waals surface area contributed by atoms with Crippen LogP contribution in [0.4, 0.5) is 0 Å². The molecule has 1 atom stereocenters. The molecule has 9 nitrogen and oxygen atoms in total. The number of nitrogens with one attached hydrogen (secondary N) is 2. The van der Waals surface area contributed by atoms with E-state index in [9.17, 15) is 18.0 Å². The molecule has 0 radical (unpaired) electrons. The van der Waals surface area contributed by atoms with Crippen molar-refractivity contribution >= 4 is 21.8 Å². The van der Waals surface area contributed by atoms with Gasteiger partial charge >= 0.3 is 0 Å². The van der Waals surface area contributed by atoms with Gasteiger partial charge in [0.05, 0.1) is 13.2 Å². The van der Waals surface area contributed by atoms with E-state index in [1.165, 1.54) is 43.6 Å². The maximum absolute atomic E-state index is 12.6. The van der Waals surface area contributed by atoms with E-state index in [0.717, 1.165) is 0 Å². The van der Waals surface area contributed by atoms with Crippen LogP contribution in [0, 0.1) is 0 Å². The Morgan fingerprint density at radius 3 is 2.80 bits per heavy atom. The number of likely N-dealkylation sites (N-methyl/N-ethyl adjacent to an activating group) is 1. The summed E-state index contributed by atoms with van der Waals surface area (Å²) in [6.07, 6.45) is 3.75. The number of carbonyl (C=O) groups is 2. The highest BCUT2D eigenvalue weighted by molar-refractivity contribution is 7.89. The lowest BCUT2D eigenvalue weighted by Gasteiger charge is -2.36. The Hall–Kier alpha value is -2.04. The van der Waals surface area contributed by atoms with Gasteiger partial charge in [-0.3, -0.25) is 14.6 Å². The Bertz CT molecular complexity index is 725. The number of methoxy groups -OCH3 is 1. The van der Waals surface area contributed by atoms with Crippen LogP contribution < -0.4 is 10.0 Å². The molecule has 0 saturated carbocycles. The molecule has 1 aromatic heterocycles. The summed E-state index contributed by atoms with van der Waals surface area (Å²) in [4.78, 5) is 30.0. The minimum atomic E-state index is -3.85. The molecule has 10 heteroatoms. The summed E-state index contributed by atoms with van der Waals surface area (Å²) in [5.74, 6) is -0.805. The van der Waals surface area contributed by atoms with E-state index >= 15 is 0 Å². The number of nitrogens with zero attached hydrogens (tertiary/aromatic N) is 2. The molecule has 1 unspecified atom stereocenters. The number of carbonyl (C=O) groups excluding carboxylic acids is 2. The molecule has 2 heterocycles. The molecule has 0 spiro atoms. The molecular weight excluding hydrogens is 348 g/mol. The Morgan fingerprint density at radius 1 is 1.44 bits per heavy atom. The van der Waals surface area contributed by atoms with Crippen molar-refractivity contribution in [2.45, 2.75) is 23.3 Å². The van der Waals surface area contributed by atoms with Crippen LogP contribution >= 0.6 is 0 Å². The summed E-state index contributed by atoms with van der Waals surface area (Å²) in [7, 11) is -0.905. The zero-order valence-electron chi connectivity index (χ0n) is 14.2. The third-order valence-electron chi connectivity index (χ3n) is 4.18. The average Bonchev–Trinajstić information content (AvgIpc) is 3.05. The lowest BCUT2D eigenvalue weighted by atomic mass is 9.95. The van der Waals surface area contributed by atoms with Crippen LogP contribution in [0.5, 0.6) is 0 Å². The summed E-state index contributed by atoms with van der Waals surface area (Å²) in [6.45, 7) is -0.0301. The largest absolute Gasteiger partial charge is 0.382 e. The number of aromatic nitrogens is 1. The summed E-state index contributed by atoms with van der Waals surface area (Å²) in [6, 6.07) is 2.88. The third-order valence-corrected chi connectivity index (χ3v) is 5.57. The molecule has 0 bridgehead atoms. The molecule has 0 aromatic carbocycles. The zero-order valence-corrected chi connectivity index (χ0v) is 15.0. The maximum Gasteiger partial charge on any atom is 0.248 e. The minimum Gasteiger partial charge on any atom is -0.382 e. The quantitative estimate of drug-likeness (QED) is 0.643. The SMILES string of the molecule is CNC(=O)C1(COC)CCCN1C(=O)CNS(=O)(=O)c1cccnc1. The summed E-state index contributed by atoms with van der Waals surface area (Å²) in [5, 5.41) is 2.56. The molecule has 2 amide bonds. The van der Waals surface area contributed by atoms with Gasteiger partial charge in [0.1, 0.15) is 10.4 Å². The number of sulfonamides is 1. The number of pyridine rings is 1. The first-order valence-corrected chi connectivity index (χ1v) is 9.27. The fourth-order valence-corrected chi connectivity index (χ4v) is 3.94. The average molecular weight is 370 g/mol. The van der Waals surface area contributed by atoms with E-state index in [4.69, 9.17) is 4.74 Å². The van der Waals surface area contributed by atoms with E-state index in [1.807, 2.05) is 0 Å². The predicted molar refractivity (Wildman–Crippen MR) is 89.0 cm³/mol. The van der Waals surface area contributed by atoms with E-state index in [2.05, 4.69) is 15.0 Å². The normalized spacial score (nSPS) is 20.5. The lowest BCUT2D eigenvalue weighted by Crippen LogP contribution is -2.60. The van der Waals surface area contributed by atoms with Crippen LogP contribution in [0.1, 0.15) is 12.8 Å². The van der Waals surface area contributed by atoms with Crippen molar-refractivity contribution in [3.8, 4) is 0 Å². The highest BCUT2D eigenvalue weighted by atomic mass is 32.2. The number of rotatable bonds is 7. The smallest absolute Gasteiger partial charge is 0.248 e. The Labute approximate surface area is 146 Å². The van der Waals surface area contributed by atoms with Gasteiger partial charge in [-0.2, -0.15) is 0 Å². The third kappa shape index (κ3) is 3.97. The fourth-order valence-electron chi connectivity index (χ4n) is 3.01. The number of ether oxygens (including phenoxy) is 1. The lowest BCUT2D eigenvalue weighted by molar-refractivity contribution is -0.147. The topological polar surface area (TPSA) is 118 Å². The Morgan fingerprint density at radius 2 is 2.20 bits per heavy atom. The van der Waals surface area contributed by atoms with Gasteiger partial charge in [-0.25, -0.2) is 13.1 Å². The molecular formula is C15H22N4O5S. The van der Waals surface area contributed by atoms with E-state index in [1.54, 1.807) is 0 Å². The highest BCUT2D eigenvalue weighted by Gasteiger charge is 2.49. The first kappa shape index (κ1) is 19.3. The van der Waals surface area contributed by atoms with Crippen LogP contribution in [0.3, 0.4) is 0 Å². The van der Waals surface area contributed by atoms with Gasteiger partial charge in [-0.1, -0.05) is 0 Å². The van der Waals surface area contributed by atoms with Crippen molar-refractivity contribution in [2.75, 3.05) is 33.9 Å². The second-order valence-corrected chi connectivity index (χ2v) is 7.47. The van der Waals surface area contributed by atoms with Gasteiger partial charge < -0.3 is 15.0 Å². The first-order chi connectivity index (χ1) is 11.9. The summed E-state index contributed by atoms with van der Waals surface area (Å²) < 4.78 is 31.8. The zero-order chi connectivity index (χ0) is 18.5. The second kappa shape index (κ2) is 7.89. The van der Waals surface area contributed by atoms with Crippen molar-refractivity contribution in [1.82, 2.24) is 19.9 Å². The van der Waals surface area contributed by atoms with Crippen LogP contribution in [0.2, 0.25) is 0 Å². The maximum atomic E-state index is 12.6. The van der Waals surface area contributed by atoms with Crippen molar-refractivity contribution in [3.05, 3.63) is 24.5 Å². The van der Waals surface area contributed by atoms with E-state index in [-0.39, 0.29) is 17.4 Å². The summed E-state index contributed by atoms with van der Waals surface area (Å²) >= 11 is 0. The van der Waals surface area contributed by atoms with E-state index in [0.29, 0.717) is 19.4 Å². The van der Waals surface area contributed by atoms with Crippen LogP contribution in [-0.4, -0.2) is 69.5 Å². The Kier molecular flexibility index (Phi) is 6.09. The highest BCUT2D eigenvalue weighted by Crippen LogP contribution is 2.30. The van der Waals surface area contributed by atoms with Gasteiger partial charge in [0.2, 0.25) is 21.8 Å². The molecule has 1 saturated heterocycles. The van der Waals surface area contributed by atoms with Crippen LogP contribution in [0.15, 0.2) is 29.4 Å². The number of amides is 2. The monoisotopic (exact) mass is 370 g/mol. The molecule has 1 aliphatic heterocycles. The number of hydrogen-bond donors (Lipinski definition) is 2. The fraction of sp³-hybridized carbons (Fsp3) is 0.533. The molecule has 2 N–H and O–H groups in total. The predicted octanol–water partition coefficient (Wildman–Crippen LogP) is -0.886.